The zero-order valence-electron chi connectivity index (χ0n) is 15.9. The smallest absolute Gasteiger partial charge is 0.490 e. The highest BCUT2D eigenvalue weighted by molar-refractivity contribution is 6.42. The molecule has 1 aromatic rings. The van der Waals surface area contributed by atoms with Crippen molar-refractivity contribution >= 4 is 35.1 Å². The quantitative estimate of drug-likeness (QED) is 0.435. The van der Waals surface area contributed by atoms with Crippen molar-refractivity contribution < 1.29 is 43.2 Å². The van der Waals surface area contributed by atoms with Crippen LogP contribution in [-0.4, -0.2) is 68.7 Å². The third-order valence-corrected chi connectivity index (χ3v) is 6.19. The number of nitrogens with zero attached hydrogens (tertiary/aromatic N) is 1. The van der Waals surface area contributed by atoms with E-state index < -0.39 is 36.8 Å². The predicted octanol–water partition coefficient (Wildman–Crippen LogP) is 1.92. The molecule has 1 heterocycles. The number of aliphatic hydroxyl groups excluding tert-OH is 2. The molecule has 13 heteroatoms. The van der Waals surface area contributed by atoms with E-state index >= 15 is 0 Å². The first-order chi connectivity index (χ1) is 14.3. The van der Waals surface area contributed by atoms with E-state index in [0.717, 1.165) is 6.42 Å². The summed E-state index contributed by atoms with van der Waals surface area (Å²) in [7, 11) is 0. The third kappa shape index (κ3) is 5.72. The van der Waals surface area contributed by atoms with Gasteiger partial charge in [0.05, 0.1) is 16.7 Å². The van der Waals surface area contributed by atoms with Gasteiger partial charge >= 0.3 is 12.1 Å². The Morgan fingerprint density at radius 1 is 1.23 bits per heavy atom. The van der Waals surface area contributed by atoms with Gasteiger partial charge in [-0.3, -0.25) is 4.79 Å². The molecular weight excluding hydrogens is 468 g/mol. The number of alkyl halides is 3. The van der Waals surface area contributed by atoms with E-state index in [0.29, 0.717) is 23.6 Å². The lowest BCUT2D eigenvalue weighted by Crippen LogP contribution is -2.47. The van der Waals surface area contributed by atoms with Crippen LogP contribution in [0, 0.1) is 11.8 Å². The van der Waals surface area contributed by atoms with Gasteiger partial charge in [-0.15, -0.1) is 0 Å². The Bertz CT molecular complexity index is 841. The lowest BCUT2D eigenvalue weighted by Gasteiger charge is -2.35. The zero-order valence-corrected chi connectivity index (χ0v) is 17.4. The second-order valence-electron chi connectivity index (χ2n) is 7.39. The standard InChI is InChI=1S/C16H20Cl2N2O4.C2HF3O2/c17-11-3-10(13(22)4-12(11)18)15(19)9-2-8-1-7(9)5-20(8)16(24)14(23)6-21;3-2(4,5)1(6)7/h3-4,7-9,14-15,21-23H,1-2,5-6,19H2;(H,6,7)/t7?,8?,9?,14-,15-;/m1./s1. The van der Waals surface area contributed by atoms with Gasteiger partial charge in [0, 0.05) is 30.3 Å². The van der Waals surface area contributed by atoms with E-state index in [1.807, 2.05) is 0 Å². The third-order valence-electron chi connectivity index (χ3n) is 5.47. The molecule has 31 heavy (non-hydrogen) atoms. The number of likely N-dealkylation sites (tertiary alicyclic amines) is 1. The van der Waals surface area contributed by atoms with E-state index in [9.17, 15) is 28.2 Å². The van der Waals surface area contributed by atoms with Gasteiger partial charge in [0.1, 0.15) is 5.75 Å². The molecule has 8 nitrogen and oxygen atoms in total. The lowest BCUT2D eigenvalue weighted by atomic mass is 9.84. The summed E-state index contributed by atoms with van der Waals surface area (Å²) >= 11 is 11.9. The Balaban J connectivity index is 0.000000423. The molecule has 1 amide bonds. The minimum Gasteiger partial charge on any atom is -0.508 e. The largest absolute Gasteiger partial charge is 0.508 e. The number of nitrogens with two attached hydrogens (primary N) is 1. The van der Waals surface area contributed by atoms with Gasteiger partial charge in [0.15, 0.2) is 6.10 Å². The number of fused-ring (bicyclic) bond motifs is 2. The van der Waals surface area contributed by atoms with Gasteiger partial charge in [-0.1, -0.05) is 23.2 Å². The second-order valence-corrected chi connectivity index (χ2v) is 8.21. The number of phenols is 1. The molecule has 2 aliphatic rings. The number of benzene rings is 1. The number of carboxylic acids is 1. The number of halogens is 5. The van der Waals surface area contributed by atoms with E-state index in [-0.39, 0.29) is 28.6 Å². The summed E-state index contributed by atoms with van der Waals surface area (Å²) in [4.78, 5) is 22.6. The van der Waals surface area contributed by atoms with Crippen LogP contribution in [0.15, 0.2) is 12.1 Å². The molecule has 2 bridgehead atoms. The molecule has 1 aromatic carbocycles. The van der Waals surface area contributed by atoms with E-state index in [1.165, 1.54) is 6.07 Å². The van der Waals surface area contributed by atoms with Crippen molar-refractivity contribution in [2.45, 2.75) is 37.2 Å². The Hall–Kier alpha value is -1.79. The molecule has 1 aliphatic carbocycles. The molecule has 174 valence electrons. The number of carbonyl (C=O) groups is 2. The summed E-state index contributed by atoms with van der Waals surface area (Å²) in [6, 6.07) is 2.58. The normalized spacial score (nSPS) is 24.4. The van der Waals surface area contributed by atoms with Gasteiger partial charge in [-0.05, 0) is 30.7 Å². The summed E-state index contributed by atoms with van der Waals surface area (Å²) in [5.41, 5.74) is 6.91. The van der Waals surface area contributed by atoms with Crippen molar-refractivity contribution in [3.63, 3.8) is 0 Å². The average Bonchev–Trinajstić information content (AvgIpc) is 3.29. The minimum atomic E-state index is -5.08. The molecular formula is C18H21Cl2F3N2O6. The van der Waals surface area contributed by atoms with Crippen LogP contribution in [0.4, 0.5) is 13.2 Å². The maximum atomic E-state index is 12.1. The van der Waals surface area contributed by atoms with Crippen molar-refractivity contribution in [2.75, 3.05) is 13.2 Å². The molecule has 0 aromatic heterocycles. The molecule has 3 rings (SSSR count). The molecule has 5 atom stereocenters. The van der Waals surface area contributed by atoms with Crippen molar-refractivity contribution in [3.05, 3.63) is 27.7 Å². The fourth-order valence-electron chi connectivity index (χ4n) is 4.02. The lowest BCUT2D eigenvalue weighted by molar-refractivity contribution is -0.192. The monoisotopic (exact) mass is 488 g/mol. The van der Waals surface area contributed by atoms with Crippen LogP contribution in [0.2, 0.25) is 10.0 Å². The van der Waals surface area contributed by atoms with Crippen LogP contribution in [-0.2, 0) is 9.59 Å². The predicted molar refractivity (Wildman–Crippen MR) is 104 cm³/mol. The summed E-state index contributed by atoms with van der Waals surface area (Å²) < 4.78 is 31.7. The molecule has 2 fully saturated rings. The van der Waals surface area contributed by atoms with E-state index in [1.54, 1.807) is 11.0 Å². The minimum absolute atomic E-state index is 0.00432. The van der Waals surface area contributed by atoms with Crippen LogP contribution in [0.1, 0.15) is 24.4 Å². The Morgan fingerprint density at radius 3 is 2.23 bits per heavy atom. The number of aliphatic carboxylic acids is 1. The molecule has 0 radical (unpaired) electrons. The number of rotatable bonds is 4. The van der Waals surface area contributed by atoms with Crippen LogP contribution in [0.5, 0.6) is 5.75 Å². The summed E-state index contributed by atoms with van der Waals surface area (Å²) in [5, 5.41) is 36.3. The number of carboxylic acid groups (broad SMARTS) is 1. The second kappa shape index (κ2) is 9.78. The Kier molecular flexibility index (Phi) is 8.04. The van der Waals surface area contributed by atoms with Crippen LogP contribution in [0.25, 0.3) is 0 Å². The zero-order chi connectivity index (χ0) is 23.7. The molecule has 1 saturated heterocycles. The molecule has 6 N–H and O–H groups in total. The van der Waals surface area contributed by atoms with Crippen LogP contribution < -0.4 is 5.73 Å². The topological polar surface area (TPSA) is 144 Å². The highest BCUT2D eigenvalue weighted by atomic mass is 35.5. The average molecular weight is 489 g/mol. The SMILES string of the molecule is N[C@@H](c1cc(Cl)c(Cl)cc1O)C1CC2CC1CN2C(=O)[C@H](O)CO.O=C(O)C(F)(F)F. The highest BCUT2D eigenvalue weighted by Gasteiger charge is 2.49. The fourth-order valence-corrected chi connectivity index (χ4v) is 4.35. The number of aliphatic hydroxyl groups is 2. The number of amides is 1. The first-order valence-corrected chi connectivity index (χ1v) is 9.86. The first-order valence-electron chi connectivity index (χ1n) is 9.10. The van der Waals surface area contributed by atoms with Gasteiger partial charge < -0.3 is 31.1 Å². The van der Waals surface area contributed by atoms with E-state index in [2.05, 4.69) is 0 Å². The van der Waals surface area contributed by atoms with Gasteiger partial charge in [-0.25, -0.2) is 4.79 Å². The van der Waals surface area contributed by atoms with Gasteiger partial charge in [-0.2, -0.15) is 13.2 Å². The summed E-state index contributed by atoms with van der Waals surface area (Å²) in [6.45, 7) is -0.0756. The number of aromatic hydroxyl groups is 1. The number of hydrogen-bond acceptors (Lipinski definition) is 6. The van der Waals surface area contributed by atoms with Gasteiger partial charge in [0.25, 0.3) is 5.91 Å². The van der Waals surface area contributed by atoms with Crippen LogP contribution in [0.3, 0.4) is 0 Å². The maximum absolute atomic E-state index is 12.1. The Morgan fingerprint density at radius 2 is 1.77 bits per heavy atom. The molecule has 0 spiro atoms. The van der Waals surface area contributed by atoms with Crippen molar-refractivity contribution in [2.24, 2.45) is 17.6 Å². The maximum Gasteiger partial charge on any atom is 0.490 e. The summed E-state index contributed by atoms with van der Waals surface area (Å²) in [6.07, 6.45) is -4.95. The molecule has 1 saturated carbocycles. The van der Waals surface area contributed by atoms with Crippen molar-refractivity contribution in [1.82, 2.24) is 4.90 Å². The molecule has 1 aliphatic heterocycles. The summed E-state index contributed by atoms with van der Waals surface area (Å²) in [5.74, 6) is -2.88. The molecule has 3 unspecified atom stereocenters. The van der Waals surface area contributed by atoms with Crippen molar-refractivity contribution in [1.29, 1.82) is 0 Å². The Labute approximate surface area is 185 Å². The number of piperidine rings is 1. The van der Waals surface area contributed by atoms with E-state index in [4.69, 9.17) is 43.9 Å². The number of hydrogen-bond donors (Lipinski definition) is 5. The van der Waals surface area contributed by atoms with Gasteiger partial charge in [0.2, 0.25) is 0 Å². The number of phenolic OH excluding ortho intramolecular Hbond substituents is 1. The number of carbonyl (C=O) groups excluding carboxylic acids is 1. The highest BCUT2D eigenvalue weighted by Crippen LogP contribution is 2.48. The van der Waals surface area contributed by atoms with Crippen molar-refractivity contribution in [3.8, 4) is 5.75 Å². The fraction of sp³-hybridized carbons (Fsp3) is 0.556. The first kappa shape index (κ1) is 25.5. The van der Waals surface area contributed by atoms with Crippen LogP contribution >= 0.6 is 23.2 Å².